The van der Waals surface area contributed by atoms with Crippen LogP contribution in [0.2, 0.25) is 0 Å². The number of aryl methyl sites for hydroxylation is 1. The molecule has 0 aliphatic carbocycles. The van der Waals surface area contributed by atoms with E-state index in [4.69, 9.17) is 0 Å². The molecule has 1 aliphatic rings. The number of imidazole rings is 1. The third-order valence-corrected chi connectivity index (χ3v) is 4.31. The molecule has 0 bridgehead atoms. The molecule has 0 atom stereocenters. The van der Waals surface area contributed by atoms with Crippen LogP contribution in [0.25, 0.3) is 11.0 Å². The van der Waals surface area contributed by atoms with Crippen molar-refractivity contribution in [3.05, 3.63) is 58.5 Å². The predicted molar refractivity (Wildman–Crippen MR) is 103 cm³/mol. The minimum Gasteiger partial charge on any atom is -0.321 e. The first-order chi connectivity index (χ1) is 13.0. The summed E-state index contributed by atoms with van der Waals surface area (Å²) in [5.41, 5.74) is 3.39. The van der Waals surface area contributed by atoms with Crippen molar-refractivity contribution in [3.8, 4) is 0 Å². The zero-order chi connectivity index (χ0) is 19.0. The highest BCUT2D eigenvalue weighted by atomic mass is 16.2. The zero-order valence-corrected chi connectivity index (χ0v) is 14.6. The Morgan fingerprint density at radius 2 is 1.89 bits per heavy atom. The van der Waals surface area contributed by atoms with E-state index in [1.165, 1.54) is 5.01 Å². The highest BCUT2D eigenvalue weighted by Gasteiger charge is 2.25. The van der Waals surface area contributed by atoms with Crippen LogP contribution in [0.3, 0.4) is 0 Å². The molecular weight excluding hydrogens is 346 g/mol. The van der Waals surface area contributed by atoms with Crippen molar-refractivity contribution < 1.29 is 9.59 Å². The van der Waals surface area contributed by atoms with E-state index in [0.717, 1.165) is 5.56 Å². The SMILES string of the molecule is Cc1cccc(N2N=C(C(=O)Nc3ccc4[nH]c(=O)[nH]c4c3)CCC2=O)c1. The summed E-state index contributed by atoms with van der Waals surface area (Å²) in [6, 6.07) is 12.5. The Hall–Kier alpha value is -3.68. The number of nitrogens with one attached hydrogen (secondary N) is 3. The maximum absolute atomic E-state index is 12.6. The molecule has 1 aliphatic heterocycles. The molecule has 3 N–H and O–H groups in total. The maximum atomic E-state index is 12.6. The van der Waals surface area contributed by atoms with Crippen molar-refractivity contribution in [2.24, 2.45) is 5.10 Å². The van der Waals surface area contributed by atoms with Gasteiger partial charge in [0.05, 0.1) is 16.7 Å². The van der Waals surface area contributed by atoms with Gasteiger partial charge in [-0.2, -0.15) is 5.10 Å². The van der Waals surface area contributed by atoms with Gasteiger partial charge in [0.1, 0.15) is 5.71 Å². The molecule has 0 unspecified atom stereocenters. The summed E-state index contributed by atoms with van der Waals surface area (Å²) < 4.78 is 0. The molecule has 0 radical (unpaired) electrons. The number of carbonyl (C=O) groups excluding carboxylic acids is 2. The second kappa shape index (κ2) is 6.56. The number of H-pyrrole nitrogens is 2. The van der Waals surface area contributed by atoms with Crippen LogP contribution < -0.4 is 16.0 Å². The van der Waals surface area contributed by atoms with E-state index < -0.39 is 0 Å². The van der Waals surface area contributed by atoms with Gasteiger partial charge in [-0.05, 0) is 42.8 Å². The third kappa shape index (κ3) is 3.37. The standard InChI is InChI=1S/C19H17N5O3/c1-11-3-2-4-13(9-11)24-17(25)8-7-15(23-24)18(26)20-12-5-6-14-16(10-12)22-19(27)21-14/h2-6,9-10H,7-8H2,1H3,(H,20,26)(H2,21,22,27). The molecule has 0 spiro atoms. The van der Waals surface area contributed by atoms with E-state index in [1.807, 2.05) is 25.1 Å². The van der Waals surface area contributed by atoms with E-state index in [9.17, 15) is 14.4 Å². The summed E-state index contributed by atoms with van der Waals surface area (Å²) >= 11 is 0. The molecule has 0 saturated heterocycles. The van der Waals surface area contributed by atoms with Crippen LogP contribution in [0.4, 0.5) is 11.4 Å². The number of fused-ring (bicyclic) bond motifs is 1. The van der Waals surface area contributed by atoms with Crippen molar-refractivity contribution in [2.75, 3.05) is 10.3 Å². The molecule has 2 amide bonds. The summed E-state index contributed by atoms with van der Waals surface area (Å²) in [5, 5.41) is 8.30. The third-order valence-electron chi connectivity index (χ3n) is 4.31. The van der Waals surface area contributed by atoms with Crippen LogP contribution >= 0.6 is 0 Å². The summed E-state index contributed by atoms with van der Waals surface area (Å²) in [6.45, 7) is 1.93. The van der Waals surface area contributed by atoms with Gasteiger partial charge in [0, 0.05) is 18.5 Å². The van der Waals surface area contributed by atoms with Gasteiger partial charge in [-0.25, -0.2) is 9.80 Å². The van der Waals surface area contributed by atoms with Gasteiger partial charge in [0.2, 0.25) is 5.91 Å². The fourth-order valence-corrected chi connectivity index (χ4v) is 2.99. The molecule has 27 heavy (non-hydrogen) atoms. The lowest BCUT2D eigenvalue weighted by Crippen LogP contribution is -2.36. The smallest absolute Gasteiger partial charge is 0.321 e. The Balaban J connectivity index is 1.59. The summed E-state index contributed by atoms with van der Waals surface area (Å²) in [4.78, 5) is 41.5. The number of hydrazone groups is 1. The first kappa shape index (κ1) is 16.8. The summed E-state index contributed by atoms with van der Waals surface area (Å²) in [6.07, 6.45) is 0.487. The van der Waals surface area contributed by atoms with Gasteiger partial charge in [-0.1, -0.05) is 12.1 Å². The van der Waals surface area contributed by atoms with Gasteiger partial charge in [0.25, 0.3) is 5.91 Å². The van der Waals surface area contributed by atoms with Crippen LogP contribution in [0, 0.1) is 6.92 Å². The number of carbonyl (C=O) groups is 2. The zero-order valence-electron chi connectivity index (χ0n) is 14.6. The lowest BCUT2D eigenvalue weighted by atomic mass is 10.1. The lowest BCUT2D eigenvalue weighted by molar-refractivity contribution is -0.118. The molecule has 3 aromatic rings. The molecule has 8 heteroatoms. The largest absolute Gasteiger partial charge is 0.323 e. The first-order valence-corrected chi connectivity index (χ1v) is 8.50. The van der Waals surface area contributed by atoms with Gasteiger partial charge in [0.15, 0.2) is 0 Å². The highest BCUT2D eigenvalue weighted by Crippen LogP contribution is 2.22. The van der Waals surface area contributed by atoms with Crippen molar-refractivity contribution in [1.29, 1.82) is 0 Å². The Kier molecular flexibility index (Phi) is 4.08. The molecule has 4 rings (SSSR count). The number of nitrogens with zero attached hydrogens (tertiary/aromatic N) is 2. The number of aromatic amines is 2. The Labute approximate surface area is 153 Å². The Bertz CT molecular complexity index is 1140. The fourth-order valence-electron chi connectivity index (χ4n) is 2.99. The molecule has 136 valence electrons. The maximum Gasteiger partial charge on any atom is 0.323 e. The van der Waals surface area contributed by atoms with Crippen molar-refractivity contribution in [3.63, 3.8) is 0 Å². The van der Waals surface area contributed by atoms with E-state index in [2.05, 4.69) is 20.4 Å². The predicted octanol–water partition coefficient (Wildman–Crippen LogP) is 2.29. The van der Waals surface area contributed by atoms with Gasteiger partial charge < -0.3 is 15.3 Å². The monoisotopic (exact) mass is 363 g/mol. The average Bonchev–Trinajstić information content (AvgIpc) is 3.01. The second-order valence-corrected chi connectivity index (χ2v) is 6.38. The number of hydrogen-bond donors (Lipinski definition) is 3. The van der Waals surface area contributed by atoms with Crippen molar-refractivity contribution in [2.45, 2.75) is 19.8 Å². The van der Waals surface area contributed by atoms with E-state index >= 15 is 0 Å². The second-order valence-electron chi connectivity index (χ2n) is 6.38. The van der Waals surface area contributed by atoms with E-state index in [-0.39, 0.29) is 36.1 Å². The van der Waals surface area contributed by atoms with Gasteiger partial charge >= 0.3 is 5.69 Å². The van der Waals surface area contributed by atoms with Crippen LogP contribution in [-0.2, 0) is 9.59 Å². The Morgan fingerprint density at radius 1 is 1.07 bits per heavy atom. The van der Waals surface area contributed by atoms with Gasteiger partial charge in [-0.15, -0.1) is 0 Å². The summed E-state index contributed by atoms with van der Waals surface area (Å²) in [7, 11) is 0. The normalized spacial score (nSPS) is 14.3. The molecular formula is C19H17N5O3. The van der Waals surface area contributed by atoms with Crippen molar-refractivity contribution >= 4 is 39.9 Å². The molecule has 2 aromatic carbocycles. The number of hydrogen-bond acceptors (Lipinski definition) is 4. The number of anilines is 2. The molecule has 8 nitrogen and oxygen atoms in total. The van der Waals surface area contributed by atoms with Gasteiger partial charge in [-0.3, -0.25) is 9.59 Å². The first-order valence-electron chi connectivity index (χ1n) is 8.50. The van der Waals surface area contributed by atoms with Crippen LogP contribution in [0.5, 0.6) is 0 Å². The molecule has 2 heterocycles. The molecule has 0 fully saturated rings. The molecule has 0 saturated carbocycles. The number of benzene rings is 2. The Morgan fingerprint density at radius 3 is 2.70 bits per heavy atom. The minimum atomic E-state index is -0.377. The number of rotatable bonds is 3. The molecule has 1 aromatic heterocycles. The average molecular weight is 363 g/mol. The van der Waals surface area contributed by atoms with Crippen LogP contribution in [0.15, 0.2) is 52.4 Å². The van der Waals surface area contributed by atoms with E-state index in [1.54, 1.807) is 24.3 Å². The van der Waals surface area contributed by atoms with Crippen molar-refractivity contribution in [1.82, 2.24) is 9.97 Å². The van der Waals surface area contributed by atoms with Crippen LogP contribution in [0.1, 0.15) is 18.4 Å². The topological polar surface area (TPSA) is 110 Å². The van der Waals surface area contributed by atoms with Crippen LogP contribution in [-0.4, -0.2) is 27.5 Å². The lowest BCUT2D eigenvalue weighted by Gasteiger charge is -2.23. The minimum absolute atomic E-state index is 0.150. The quantitative estimate of drug-likeness (QED) is 0.664. The number of amides is 2. The number of aromatic nitrogens is 2. The van der Waals surface area contributed by atoms with E-state index in [0.29, 0.717) is 22.4 Å². The summed E-state index contributed by atoms with van der Waals surface area (Å²) in [5.74, 6) is -0.527. The highest BCUT2D eigenvalue weighted by molar-refractivity contribution is 6.44. The fraction of sp³-hybridized carbons (Fsp3) is 0.158.